The van der Waals surface area contributed by atoms with Crippen molar-refractivity contribution < 1.29 is 0 Å². The third-order valence-corrected chi connectivity index (χ3v) is 3.73. The number of rotatable bonds is 0. The molecule has 1 heterocycles. The molecule has 0 aromatic heterocycles. The smallest absolute Gasteiger partial charge is 0.00895 e. The first-order chi connectivity index (χ1) is 3.84. The van der Waals surface area contributed by atoms with Crippen LogP contribution in [-0.4, -0.2) is 29.0 Å². The van der Waals surface area contributed by atoms with E-state index in [4.69, 9.17) is 0 Å². The van der Waals surface area contributed by atoms with E-state index in [1.807, 2.05) is 0 Å². The van der Waals surface area contributed by atoms with E-state index in [-0.39, 0.29) is 0 Å². The summed E-state index contributed by atoms with van der Waals surface area (Å²) in [6, 6.07) is 0. The molecule has 1 nitrogen and oxygen atoms in total. The molecule has 0 aromatic carbocycles. The lowest BCUT2D eigenvalue weighted by Gasteiger charge is -2.08. The molecule has 0 bridgehead atoms. The van der Waals surface area contributed by atoms with Gasteiger partial charge in [-0.1, -0.05) is 5.37 Å². The third kappa shape index (κ3) is 1.12. The standard InChI is InChI=1S/C6H13NS/c1-3-8-6-4-5-7(8)2/h3H,4-6H2,1-2H3. The van der Waals surface area contributed by atoms with Crippen molar-refractivity contribution >= 4 is 16.0 Å². The minimum absolute atomic E-state index is 0.529. The van der Waals surface area contributed by atoms with Gasteiger partial charge in [-0.05, 0) is 20.4 Å². The lowest BCUT2D eigenvalue weighted by Crippen LogP contribution is -2.04. The molecule has 0 aromatic rings. The minimum atomic E-state index is 0.529. The Hall–Kier alpha value is 0.180. The van der Waals surface area contributed by atoms with Gasteiger partial charge in [0.1, 0.15) is 0 Å². The Labute approximate surface area is 53.7 Å². The Morgan fingerprint density at radius 2 is 2.38 bits per heavy atom. The van der Waals surface area contributed by atoms with Gasteiger partial charge in [0, 0.05) is 12.3 Å². The summed E-state index contributed by atoms with van der Waals surface area (Å²) < 4.78 is 2.43. The highest BCUT2D eigenvalue weighted by atomic mass is 32.2. The zero-order chi connectivity index (χ0) is 5.98. The first-order valence-corrected chi connectivity index (χ1v) is 4.46. The van der Waals surface area contributed by atoms with Crippen molar-refractivity contribution in [3.8, 4) is 0 Å². The van der Waals surface area contributed by atoms with Crippen LogP contribution in [0.5, 0.6) is 0 Å². The highest BCUT2D eigenvalue weighted by Crippen LogP contribution is 2.24. The van der Waals surface area contributed by atoms with E-state index < -0.39 is 0 Å². The van der Waals surface area contributed by atoms with E-state index in [1.54, 1.807) is 0 Å². The monoisotopic (exact) mass is 131 g/mol. The SMILES string of the molecule is C/C=S1/CCCN1C. The van der Waals surface area contributed by atoms with E-state index in [9.17, 15) is 0 Å². The predicted octanol–water partition coefficient (Wildman–Crippen LogP) is 1.33. The van der Waals surface area contributed by atoms with Crippen LogP contribution in [0.4, 0.5) is 0 Å². The molecule has 1 saturated heterocycles. The summed E-state index contributed by atoms with van der Waals surface area (Å²) >= 11 is 0. The molecule has 0 aliphatic carbocycles. The Bertz CT molecular complexity index is 109. The van der Waals surface area contributed by atoms with Crippen molar-refractivity contribution in [1.82, 2.24) is 4.31 Å². The molecule has 1 atom stereocenters. The molecule has 2 heteroatoms. The Morgan fingerprint density at radius 1 is 1.62 bits per heavy atom. The van der Waals surface area contributed by atoms with E-state index in [1.165, 1.54) is 18.7 Å². The van der Waals surface area contributed by atoms with Gasteiger partial charge in [-0.3, -0.25) is 4.31 Å². The van der Waals surface area contributed by atoms with Gasteiger partial charge < -0.3 is 0 Å². The van der Waals surface area contributed by atoms with Crippen LogP contribution in [0.1, 0.15) is 13.3 Å². The average Bonchev–Trinajstić information content (AvgIpc) is 2.14. The second-order valence-corrected chi connectivity index (χ2v) is 4.35. The summed E-state index contributed by atoms with van der Waals surface area (Å²) in [5.41, 5.74) is 0. The fourth-order valence-electron chi connectivity index (χ4n) is 1.01. The van der Waals surface area contributed by atoms with Crippen molar-refractivity contribution in [1.29, 1.82) is 0 Å². The van der Waals surface area contributed by atoms with Gasteiger partial charge in [0.25, 0.3) is 0 Å². The molecule has 1 rings (SSSR count). The van der Waals surface area contributed by atoms with Crippen LogP contribution in [0.25, 0.3) is 0 Å². The maximum atomic E-state index is 2.43. The summed E-state index contributed by atoms with van der Waals surface area (Å²) in [6.45, 7) is 3.46. The maximum Gasteiger partial charge on any atom is 0.00895 e. The average molecular weight is 131 g/mol. The van der Waals surface area contributed by atoms with Gasteiger partial charge in [0.05, 0.1) is 0 Å². The van der Waals surface area contributed by atoms with Crippen molar-refractivity contribution in [2.45, 2.75) is 13.3 Å². The van der Waals surface area contributed by atoms with Gasteiger partial charge in [-0.25, -0.2) is 0 Å². The van der Waals surface area contributed by atoms with Crippen LogP contribution in [0.15, 0.2) is 0 Å². The molecule has 48 valence electrons. The molecule has 0 radical (unpaired) electrons. The van der Waals surface area contributed by atoms with Crippen molar-refractivity contribution in [3.63, 3.8) is 0 Å². The number of hydrogen-bond acceptors (Lipinski definition) is 1. The molecule has 1 aliphatic rings. The molecule has 0 amide bonds. The second-order valence-electron chi connectivity index (χ2n) is 2.05. The first-order valence-electron chi connectivity index (χ1n) is 3.05. The normalized spacial score (nSPS) is 32.0. The van der Waals surface area contributed by atoms with Gasteiger partial charge in [0.15, 0.2) is 0 Å². The van der Waals surface area contributed by atoms with Crippen LogP contribution in [0.3, 0.4) is 0 Å². The molecular weight excluding hydrogens is 118 g/mol. The Balaban J connectivity index is 2.55. The summed E-state index contributed by atoms with van der Waals surface area (Å²) in [4.78, 5) is 0. The van der Waals surface area contributed by atoms with Crippen molar-refractivity contribution in [2.75, 3.05) is 19.3 Å². The Morgan fingerprint density at radius 3 is 2.62 bits per heavy atom. The summed E-state index contributed by atoms with van der Waals surface area (Å²) in [7, 11) is 2.73. The van der Waals surface area contributed by atoms with Gasteiger partial charge in [-0.2, -0.15) is 0 Å². The van der Waals surface area contributed by atoms with Crippen LogP contribution in [0, 0.1) is 0 Å². The van der Waals surface area contributed by atoms with E-state index in [2.05, 4.69) is 23.6 Å². The van der Waals surface area contributed by atoms with Crippen molar-refractivity contribution in [3.05, 3.63) is 0 Å². The van der Waals surface area contributed by atoms with Crippen LogP contribution < -0.4 is 0 Å². The topological polar surface area (TPSA) is 3.24 Å². The lowest BCUT2D eigenvalue weighted by molar-refractivity contribution is 0.596. The zero-order valence-electron chi connectivity index (χ0n) is 5.55. The number of nitrogens with zero attached hydrogens (tertiary/aromatic N) is 1. The fraction of sp³-hybridized carbons (Fsp3) is 0.833. The van der Waals surface area contributed by atoms with Crippen LogP contribution >= 0.6 is 10.7 Å². The Kier molecular flexibility index (Phi) is 2.08. The second kappa shape index (κ2) is 2.65. The summed E-state index contributed by atoms with van der Waals surface area (Å²) in [5, 5.41) is 2.31. The predicted molar refractivity (Wildman–Crippen MR) is 41.4 cm³/mol. The lowest BCUT2D eigenvalue weighted by atomic mass is 10.5. The zero-order valence-corrected chi connectivity index (χ0v) is 6.37. The first kappa shape index (κ1) is 6.30. The highest BCUT2D eigenvalue weighted by Gasteiger charge is 2.09. The molecule has 0 spiro atoms. The van der Waals surface area contributed by atoms with Crippen LogP contribution in [-0.2, 0) is 0 Å². The van der Waals surface area contributed by atoms with Crippen LogP contribution in [0.2, 0.25) is 0 Å². The van der Waals surface area contributed by atoms with Gasteiger partial charge >= 0.3 is 0 Å². The maximum absolute atomic E-state index is 2.43. The molecule has 1 aliphatic heterocycles. The van der Waals surface area contributed by atoms with E-state index in [0.29, 0.717) is 10.7 Å². The minimum Gasteiger partial charge on any atom is -0.259 e. The van der Waals surface area contributed by atoms with E-state index >= 15 is 0 Å². The fourth-order valence-corrected chi connectivity index (χ4v) is 2.70. The molecule has 8 heavy (non-hydrogen) atoms. The summed E-state index contributed by atoms with van der Waals surface area (Å²) in [5.74, 6) is 1.40. The molecule has 1 fully saturated rings. The van der Waals surface area contributed by atoms with Crippen molar-refractivity contribution in [2.24, 2.45) is 0 Å². The molecular formula is C6H13NS. The quantitative estimate of drug-likeness (QED) is 0.448. The molecule has 0 saturated carbocycles. The summed E-state index contributed by atoms with van der Waals surface area (Å²) in [6.07, 6.45) is 1.39. The third-order valence-electron chi connectivity index (χ3n) is 1.50. The van der Waals surface area contributed by atoms with Gasteiger partial charge in [0.2, 0.25) is 0 Å². The largest absolute Gasteiger partial charge is 0.259 e. The highest BCUT2D eigenvalue weighted by molar-refractivity contribution is 8.13. The van der Waals surface area contributed by atoms with Gasteiger partial charge in [-0.15, -0.1) is 10.7 Å². The van der Waals surface area contributed by atoms with E-state index in [0.717, 1.165) is 0 Å². The number of hydrogen-bond donors (Lipinski definition) is 0. The molecule has 0 N–H and O–H groups in total. The molecule has 1 unspecified atom stereocenters.